The van der Waals surface area contributed by atoms with Crippen LogP contribution in [0.15, 0.2) is 53.3 Å². The molecule has 0 N–H and O–H groups in total. The molecule has 0 atom stereocenters. The maximum absolute atomic E-state index is 13.6. The predicted octanol–water partition coefficient (Wildman–Crippen LogP) is 3.33. The van der Waals surface area contributed by atoms with Gasteiger partial charge in [-0.15, -0.1) is 0 Å². The van der Waals surface area contributed by atoms with E-state index in [0.29, 0.717) is 11.2 Å². The molecule has 0 unspecified atom stereocenters. The van der Waals surface area contributed by atoms with Gasteiger partial charge in [0.1, 0.15) is 16.4 Å². The smallest absolute Gasteiger partial charge is 0.287 e. The molecular weight excluding hydrogens is 414 g/mol. The third-order valence-electron chi connectivity index (χ3n) is 4.30. The summed E-state index contributed by atoms with van der Waals surface area (Å²) in [5.74, 6) is -2.80. The van der Waals surface area contributed by atoms with Crippen LogP contribution in [0, 0.1) is 0 Å². The van der Waals surface area contributed by atoms with Crippen molar-refractivity contribution < 1.29 is 17.2 Å². The number of hydrogen-bond donors (Lipinski definition) is 0. The lowest BCUT2D eigenvalue weighted by atomic mass is 10.2. The van der Waals surface area contributed by atoms with Crippen LogP contribution in [-0.2, 0) is 15.8 Å². The van der Waals surface area contributed by atoms with E-state index in [1.54, 1.807) is 18.0 Å². The second kappa shape index (κ2) is 7.90. The van der Waals surface area contributed by atoms with Gasteiger partial charge in [-0.25, -0.2) is 23.1 Å². The van der Waals surface area contributed by atoms with Gasteiger partial charge in [-0.3, -0.25) is 4.98 Å². The molecule has 158 valence electrons. The van der Waals surface area contributed by atoms with Crippen LogP contribution in [-0.4, -0.2) is 47.3 Å². The third-order valence-corrected chi connectivity index (χ3v) is 6.05. The molecule has 8 nitrogen and oxygen atoms in total. The van der Waals surface area contributed by atoms with Gasteiger partial charge < -0.3 is 4.90 Å². The first kappa shape index (κ1) is 21.5. The maximum atomic E-state index is 13.6. The summed E-state index contributed by atoms with van der Waals surface area (Å²) in [6.07, 6.45) is 5.58. The van der Waals surface area contributed by atoms with Crippen molar-refractivity contribution in [2.45, 2.75) is 24.7 Å². The summed E-state index contributed by atoms with van der Waals surface area (Å²) < 4.78 is 53.7. The van der Waals surface area contributed by atoms with Crippen LogP contribution in [0.25, 0.3) is 16.7 Å². The van der Waals surface area contributed by atoms with Crippen molar-refractivity contribution in [3.8, 4) is 5.82 Å². The highest BCUT2D eigenvalue weighted by molar-refractivity contribution is 7.91. The monoisotopic (exact) mass is 434 g/mol. The fourth-order valence-corrected chi connectivity index (χ4v) is 3.66. The number of aliphatic imine (C=N–C) groups is 1. The molecule has 0 bridgehead atoms. The second-order valence-corrected chi connectivity index (χ2v) is 8.79. The highest BCUT2D eigenvalue weighted by Crippen LogP contribution is 2.28. The summed E-state index contributed by atoms with van der Waals surface area (Å²) in [6.45, 7) is 5.77. The van der Waals surface area contributed by atoms with Gasteiger partial charge in [0.2, 0.25) is 0 Å². The topological polar surface area (TPSA) is 93.3 Å². The molecule has 0 aliphatic carbocycles. The molecule has 0 amide bonds. The van der Waals surface area contributed by atoms with E-state index in [9.17, 15) is 17.2 Å². The number of rotatable bonds is 7. The molecule has 0 aliphatic rings. The zero-order chi connectivity index (χ0) is 22.1. The Hall–Kier alpha value is -3.21. The van der Waals surface area contributed by atoms with Crippen LogP contribution < -0.4 is 4.90 Å². The molecule has 0 aromatic carbocycles. The van der Waals surface area contributed by atoms with Crippen molar-refractivity contribution in [3.63, 3.8) is 0 Å². The number of alkyl halides is 2. The Bertz CT molecular complexity index is 1230. The van der Waals surface area contributed by atoms with Crippen LogP contribution in [0.1, 0.15) is 19.5 Å². The molecule has 11 heteroatoms. The Balaban J connectivity index is 2.21. The van der Waals surface area contributed by atoms with Crippen LogP contribution in [0.4, 0.5) is 14.6 Å². The number of pyridine rings is 2. The van der Waals surface area contributed by atoms with E-state index in [4.69, 9.17) is 0 Å². The van der Waals surface area contributed by atoms with Crippen molar-refractivity contribution in [1.29, 1.82) is 0 Å². The van der Waals surface area contributed by atoms with Gasteiger partial charge >= 0.3 is 0 Å². The largest absolute Gasteiger partial charge is 0.320 e. The fraction of sp³-hybridized carbons (Fsp3) is 0.263. The summed E-state index contributed by atoms with van der Waals surface area (Å²) in [4.78, 5) is 13.7. The zero-order valence-corrected chi connectivity index (χ0v) is 17.4. The first-order valence-electron chi connectivity index (χ1n) is 8.91. The lowest BCUT2D eigenvalue weighted by molar-refractivity contribution is 0.0129. The summed E-state index contributed by atoms with van der Waals surface area (Å²) in [5.41, 5.74) is -0.182. The first-order chi connectivity index (χ1) is 14.1. The number of anilines is 1. The number of sulfone groups is 1. The summed E-state index contributed by atoms with van der Waals surface area (Å²) in [5, 5.41) is 4.75. The average molecular weight is 434 g/mol. The molecule has 3 rings (SSSR count). The van der Waals surface area contributed by atoms with E-state index in [0.717, 1.165) is 6.92 Å². The molecule has 0 saturated heterocycles. The molecule has 0 aliphatic heterocycles. The van der Waals surface area contributed by atoms with E-state index in [2.05, 4.69) is 26.6 Å². The van der Waals surface area contributed by atoms with E-state index in [1.807, 2.05) is 0 Å². The number of fused-ring (bicyclic) bond motifs is 1. The van der Waals surface area contributed by atoms with Crippen LogP contribution in [0.5, 0.6) is 0 Å². The van der Waals surface area contributed by atoms with Crippen LogP contribution in [0.3, 0.4) is 0 Å². The molecule has 3 aromatic heterocycles. The third kappa shape index (κ3) is 4.20. The highest BCUT2D eigenvalue weighted by atomic mass is 32.2. The minimum atomic E-state index is -3.63. The first-order valence-corrected chi connectivity index (χ1v) is 10.6. The van der Waals surface area contributed by atoms with Crippen molar-refractivity contribution in [1.82, 2.24) is 19.7 Å². The minimum Gasteiger partial charge on any atom is -0.320 e. The molecule has 0 fully saturated rings. The second-order valence-electron chi connectivity index (χ2n) is 6.54. The molecule has 3 aromatic rings. The Morgan fingerprint density at radius 1 is 1.37 bits per heavy atom. The van der Waals surface area contributed by atoms with Crippen molar-refractivity contribution in [3.05, 3.63) is 49.1 Å². The van der Waals surface area contributed by atoms with Gasteiger partial charge in [-0.1, -0.05) is 13.5 Å². The summed E-state index contributed by atoms with van der Waals surface area (Å²) in [6, 6.07) is 4.15. The summed E-state index contributed by atoms with van der Waals surface area (Å²) in [7, 11) is -1.95. The highest BCUT2D eigenvalue weighted by Gasteiger charge is 2.27. The van der Waals surface area contributed by atoms with E-state index in [-0.39, 0.29) is 22.0 Å². The number of halogens is 2. The SMILES string of the molecule is C=CN=CN(C)c1ccc(S(=O)(=O)CC)c(-n2cc3cnc(C(C)(F)F)cc3n2)n1. The van der Waals surface area contributed by atoms with Gasteiger partial charge in [-0.2, -0.15) is 13.9 Å². The van der Waals surface area contributed by atoms with Crippen molar-refractivity contribution >= 4 is 32.9 Å². The Kier molecular flexibility index (Phi) is 5.66. The lowest BCUT2D eigenvalue weighted by Crippen LogP contribution is -2.18. The Morgan fingerprint density at radius 2 is 2.10 bits per heavy atom. The van der Waals surface area contributed by atoms with Gasteiger partial charge in [0, 0.05) is 38.0 Å². The fourth-order valence-electron chi connectivity index (χ4n) is 2.66. The molecule has 0 saturated carbocycles. The normalized spacial score (nSPS) is 12.6. The van der Waals surface area contributed by atoms with Gasteiger partial charge in [0.25, 0.3) is 5.92 Å². The van der Waals surface area contributed by atoms with Gasteiger partial charge in [0.05, 0.1) is 17.6 Å². The molecule has 3 heterocycles. The molecule has 0 spiro atoms. The lowest BCUT2D eigenvalue weighted by Gasteiger charge is -2.15. The van der Waals surface area contributed by atoms with Gasteiger partial charge in [-0.05, 0) is 18.2 Å². The van der Waals surface area contributed by atoms with E-state index in [1.165, 1.54) is 48.7 Å². The Morgan fingerprint density at radius 3 is 2.73 bits per heavy atom. The van der Waals surface area contributed by atoms with Crippen LogP contribution >= 0.6 is 0 Å². The summed E-state index contributed by atoms with van der Waals surface area (Å²) >= 11 is 0. The van der Waals surface area contributed by atoms with Crippen molar-refractivity contribution in [2.75, 3.05) is 17.7 Å². The number of hydrogen-bond acceptors (Lipinski definition) is 6. The van der Waals surface area contributed by atoms with Crippen LogP contribution in [0.2, 0.25) is 0 Å². The number of aromatic nitrogens is 4. The quantitative estimate of drug-likeness (QED) is 0.418. The molecular formula is C19H20F2N6O2S. The number of nitrogens with zero attached hydrogens (tertiary/aromatic N) is 6. The van der Waals surface area contributed by atoms with Gasteiger partial charge in [0.15, 0.2) is 15.7 Å². The zero-order valence-electron chi connectivity index (χ0n) is 16.6. The minimum absolute atomic E-state index is 0.0235. The van der Waals surface area contributed by atoms with E-state index < -0.39 is 21.5 Å². The molecule has 30 heavy (non-hydrogen) atoms. The maximum Gasteiger partial charge on any atom is 0.287 e. The average Bonchev–Trinajstić information content (AvgIpc) is 3.14. The standard InChI is InChI=1S/C19H20F2N6O2S/c1-5-22-12-26(4)17-8-7-15(30(28,29)6-2)18(24-17)27-11-13-10-23-16(19(3,20)21)9-14(13)25-27/h5,7-12H,1,6H2,2-4H3. The van der Waals surface area contributed by atoms with Crippen molar-refractivity contribution in [2.24, 2.45) is 4.99 Å². The predicted molar refractivity (Wildman–Crippen MR) is 111 cm³/mol. The Labute approximate surface area is 172 Å². The van der Waals surface area contributed by atoms with E-state index >= 15 is 0 Å². The molecule has 0 radical (unpaired) electrons.